The summed E-state index contributed by atoms with van der Waals surface area (Å²) in [5, 5.41) is 0. The summed E-state index contributed by atoms with van der Waals surface area (Å²) >= 11 is 0. The lowest BCUT2D eigenvalue weighted by Crippen LogP contribution is -2.25. The zero-order valence-corrected chi connectivity index (χ0v) is 19.8. The van der Waals surface area contributed by atoms with E-state index in [2.05, 4.69) is 73.5 Å². The molecule has 0 fully saturated rings. The molecule has 0 aliphatic rings. The minimum Gasteiger partial charge on any atom is -0.313 e. The molecular formula is C28H38N2O. The summed E-state index contributed by atoms with van der Waals surface area (Å²) in [6.45, 7) is 12.2. The SMILES string of the molecule is CCCCc1cc2ccc(C)cn2c1C(=O)c1ccc(CCCN(CC)CCC)cc1. The Morgan fingerprint density at radius 3 is 2.35 bits per heavy atom. The fourth-order valence-electron chi connectivity index (χ4n) is 4.35. The number of ketones is 1. The molecule has 0 bridgehead atoms. The number of fused-ring (bicyclic) bond motifs is 1. The molecule has 0 saturated heterocycles. The van der Waals surface area contributed by atoms with Gasteiger partial charge in [-0.15, -0.1) is 0 Å². The van der Waals surface area contributed by atoms with Gasteiger partial charge in [-0.25, -0.2) is 0 Å². The Bertz CT molecular complexity index is 984. The first-order valence-corrected chi connectivity index (χ1v) is 12.0. The molecule has 166 valence electrons. The van der Waals surface area contributed by atoms with Crippen LogP contribution in [0.1, 0.15) is 79.2 Å². The van der Waals surface area contributed by atoms with Crippen molar-refractivity contribution < 1.29 is 4.79 Å². The Kier molecular flexibility index (Phi) is 8.48. The van der Waals surface area contributed by atoms with Crippen molar-refractivity contribution in [2.24, 2.45) is 0 Å². The summed E-state index contributed by atoms with van der Waals surface area (Å²) in [5.41, 5.74) is 6.36. The Morgan fingerprint density at radius 1 is 0.903 bits per heavy atom. The van der Waals surface area contributed by atoms with Gasteiger partial charge < -0.3 is 9.30 Å². The third-order valence-electron chi connectivity index (χ3n) is 6.15. The molecule has 2 heterocycles. The van der Waals surface area contributed by atoms with Gasteiger partial charge in [0, 0.05) is 17.3 Å². The first kappa shape index (κ1) is 23.3. The van der Waals surface area contributed by atoms with Crippen LogP contribution in [0.4, 0.5) is 0 Å². The van der Waals surface area contributed by atoms with Crippen LogP contribution in [0.3, 0.4) is 0 Å². The molecule has 0 aliphatic heterocycles. The van der Waals surface area contributed by atoms with Crippen LogP contribution in [0.15, 0.2) is 48.7 Å². The van der Waals surface area contributed by atoms with E-state index in [4.69, 9.17) is 0 Å². The zero-order valence-electron chi connectivity index (χ0n) is 19.8. The third kappa shape index (κ3) is 5.86. The normalized spacial score (nSPS) is 11.5. The maximum atomic E-state index is 13.5. The summed E-state index contributed by atoms with van der Waals surface area (Å²) < 4.78 is 2.09. The van der Waals surface area contributed by atoms with E-state index in [-0.39, 0.29) is 5.78 Å². The van der Waals surface area contributed by atoms with Crippen LogP contribution in [0.25, 0.3) is 5.52 Å². The monoisotopic (exact) mass is 418 g/mol. The Balaban J connectivity index is 1.77. The van der Waals surface area contributed by atoms with Gasteiger partial charge >= 0.3 is 0 Å². The van der Waals surface area contributed by atoms with Gasteiger partial charge in [0.05, 0.1) is 5.69 Å². The molecule has 2 aromatic heterocycles. The van der Waals surface area contributed by atoms with E-state index < -0.39 is 0 Å². The molecule has 3 nitrogen and oxygen atoms in total. The first-order valence-electron chi connectivity index (χ1n) is 12.0. The van der Waals surface area contributed by atoms with E-state index in [0.29, 0.717) is 0 Å². The predicted molar refractivity (Wildman–Crippen MR) is 131 cm³/mol. The minimum atomic E-state index is 0.128. The van der Waals surface area contributed by atoms with E-state index in [1.165, 1.54) is 24.1 Å². The van der Waals surface area contributed by atoms with Crippen molar-refractivity contribution in [3.8, 4) is 0 Å². The number of carbonyl (C=O) groups is 1. The fourth-order valence-corrected chi connectivity index (χ4v) is 4.35. The van der Waals surface area contributed by atoms with Crippen LogP contribution in [0, 0.1) is 6.92 Å². The molecular weight excluding hydrogens is 380 g/mol. The van der Waals surface area contributed by atoms with Gasteiger partial charge in [0.15, 0.2) is 0 Å². The number of unbranched alkanes of at least 4 members (excludes halogenated alkanes) is 1. The highest BCUT2D eigenvalue weighted by Gasteiger charge is 2.19. The second-order valence-corrected chi connectivity index (χ2v) is 8.69. The summed E-state index contributed by atoms with van der Waals surface area (Å²) in [4.78, 5) is 16.0. The second kappa shape index (κ2) is 11.3. The van der Waals surface area contributed by atoms with Crippen molar-refractivity contribution in [3.05, 3.63) is 76.6 Å². The molecule has 3 heteroatoms. The fraction of sp³-hybridized carbons (Fsp3) is 0.464. The van der Waals surface area contributed by atoms with Gasteiger partial charge in [-0.1, -0.05) is 57.5 Å². The van der Waals surface area contributed by atoms with E-state index in [0.717, 1.165) is 67.5 Å². The molecule has 3 aromatic rings. The van der Waals surface area contributed by atoms with Crippen molar-refractivity contribution in [2.75, 3.05) is 19.6 Å². The summed E-state index contributed by atoms with van der Waals surface area (Å²) in [6.07, 6.45) is 8.68. The second-order valence-electron chi connectivity index (χ2n) is 8.69. The average Bonchev–Trinajstić information content (AvgIpc) is 3.14. The maximum absolute atomic E-state index is 13.5. The van der Waals surface area contributed by atoms with Gasteiger partial charge in [-0.2, -0.15) is 0 Å². The summed E-state index contributed by atoms with van der Waals surface area (Å²) in [5.74, 6) is 0.128. The lowest BCUT2D eigenvalue weighted by Gasteiger charge is -2.19. The van der Waals surface area contributed by atoms with Crippen LogP contribution in [-0.2, 0) is 12.8 Å². The largest absolute Gasteiger partial charge is 0.313 e. The molecule has 0 spiro atoms. The standard InChI is InChI=1S/C28H38N2O/c1-5-8-11-25-20-26-17-12-22(4)21-30(26)27(25)28(31)24-15-13-23(14-16-24)10-9-19-29(7-3)18-6-2/h12-17,20-21H,5-11,18-19H2,1-4H3. The predicted octanol–water partition coefficient (Wildman–Crippen LogP) is 6.49. The van der Waals surface area contributed by atoms with Gasteiger partial charge in [0.2, 0.25) is 5.78 Å². The number of hydrogen-bond acceptors (Lipinski definition) is 2. The molecule has 31 heavy (non-hydrogen) atoms. The maximum Gasteiger partial charge on any atom is 0.210 e. The van der Waals surface area contributed by atoms with E-state index >= 15 is 0 Å². The number of aromatic nitrogens is 1. The molecule has 1 aromatic carbocycles. The molecule has 0 aliphatic carbocycles. The van der Waals surface area contributed by atoms with Crippen LogP contribution in [0.5, 0.6) is 0 Å². The summed E-state index contributed by atoms with van der Waals surface area (Å²) in [7, 11) is 0. The highest BCUT2D eigenvalue weighted by molar-refractivity contribution is 6.09. The van der Waals surface area contributed by atoms with Crippen molar-refractivity contribution in [1.29, 1.82) is 0 Å². The van der Waals surface area contributed by atoms with Crippen LogP contribution in [0.2, 0.25) is 0 Å². The number of rotatable bonds is 12. The number of carbonyl (C=O) groups excluding carboxylic acids is 1. The topological polar surface area (TPSA) is 24.7 Å². The van der Waals surface area contributed by atoms with Crippen molar-refractivity contribution in [1.82, 2.24) is 9.30 Å². The van der Waals surface area contributed by atoms with Gasteiger partial charge in [0.1, 0.15) is 0 Å². The number of nitrogens with zero attached hydrogens (tertiary/aromatic N) is 2. The van der Waals surface area contributed by atoms with Crippen LogP contribution in [-0.4, -0.2) is 34.7 Å². The van der Waals surface area contributed by atoms with Crippen LogP contribution < -0.4 is 0 Å². The highest BCUT2D eigenvalue weighted by atomic mass is 16.1. The Labute approximate surface area is 188 Å². The van der Waals surface area contributed by atoms with E-state index in [1.807, 2.05) is 12.1 Å². The highest BCUT2D eigenvalue weighted by Crippen LogP contribution is 2.23. The quantitative estimate of drug-likeness (QED) is 0.314. The minimum absolute atomic E-state index is 0.128. The average molecular weight is 419 g/mol. The Morgan fingerprint density at radius 2 is 1.68 bits per heavy atom. The molecule has 3 rings (SSSR count). The lowest BCUT2D eigenvalue weighted by atomic mass is 10.00. The van der Waals surface area contributed by atoms with E-state index in [9.17, 15) is 4.79 Å². The molecule has 0 atom stereocenters. The smallest absolute Gasteiger partial charge is 0.210 e. The van der Waals surface area contributed by atoms with Crippen molar-refractivity contribution in [3.63, 3.8) is 0 Å². The van der Waals surface area contributed by atoms with Crippen LogP contribution >= 0.6 is 0 Å². The molecule has 0 N–H and O–H groups in total. The van der Waals surface area contributed by atoms with Gasteiger partial charge in [0.25, 0.3) is 0 Å². The number of aryl methyl sites for hydroxylation is 3. The molecule has 0 radical (unpaired) electrons. The Hall–Kier alpha value is -2.39. The first-order chi connectivity index (χ1) is 15.1. The van der Waals surface area contributed by atoms with Gasteiger partial charge in [-0.05, 0) is 87.5 Å². The molecule has 0 amide bonds. The zero-order chi connectivity index (χ0) is 22.2. The number of benzene rings is 1. The lowest BCUT2D eigenvalue weighted by molar-refractivity contribution is 0.103. The summed E-state index contributed by atoms with van der Waals surface area (Å²) in [6, 6.07) is 14.7. The molecule has 0 saturated carbocycles. The van der Waals surface area contributed by atoms with Crippen molar-refractivity contribution in [2.45, 2.75) is 66.2 Å². The van der Waals surface area contributed by atoms with Gasteiger partial charge in [-0.3, -0.25) is 4.79 Å². The third-order valence-corrected chi connectivity index (χ3v) is 6.15. The van der Waals surface area contributed by atoms with E-state index in [1.54, 1.807) is 0 Å². The van der Waals surface area contributed by atoms with Crippen molar-refractivity contribution >= 4 is 11.3 Å². The number of hydrogen-bond donors (Lipinski definition) is 0. The number of pyridine rings is 1. The molecule has 0 unspecified atom stereocenters.